The summed E-state index contributed by atoms with van der Waals surface area (Å²) in [5.41, 5.74) is 9.36. The second kappa shape index (κ2) is 66.0. The molecular formula is C120H172O26P4. The van der Waals surface area contributed by atoms with Crippen molar-refractivity contribution in [3.05, 3.63) is 265 Å². The molecule has 828 valence electrons. The molecule has 2 saturated heterocycles. The maximum atomic E-state index is 12.9. The summed E-state index contributed by atoms with van der Waals surface area (Å²) in [7, 11) is 9.35. The van der Waals surface area contributed by atoms with Crippen LogP contribution in [0.1, 0.15) is 235 Å². The van der Waals surface area contributed by atoms with Crippen molar-refractivity contribution in [3.8, 4) is 0 Å². The number of carbonyl (C=O) groups is 4. The first-order valence-electron chi connectivity index (χ1n) is 54.3. The van der Waals surface area contributed by atoms with Gasteiger partial charge in [0, 0.05) is 87.9 Å². The van der Waals surface area contributed by atoms with Crippen LogP contribution in [0.4, 0.5) is 0 Å². The number of ether oxygens (including phenoxy) is 14. The van der Waals surface area contributed by atoms with E-state index in [1.165, 1.54) is 46.6 Å². The molecule has 6 unspecified atom stereocenters. The van der Waals surface area contributed by atoms with Crippen molar-refractivity contribution < 1.29 is 124 Å². The van der Waals surface area contributed by atoms with Crippen LogP contribution in [-0.2, 0) is 104 Å². The molecule has 0 aliphatic carbocycles. The Kier molecular flexibility index (Phi) is 54.3. The van der Waals surface area contributed by atoms with Gasteiger partial charge in [-0.3, -0.25) is 0 Å². The third kappa shape index (κ3) is 46.1. The Balaban J connectivity index is 0.000000190. The Morgan fingerprint density at radius 3 is 1.07 bits per heavy atom. The highest BCUT2D eigenvalue weighted by Crippen LogP contribution is 2.41. The van der Waals surface area contributed by atoms with Gasteiger partial charge in [-0.1, -0.05) is 269 Å². The molecule has 150 heavy (non-hydrogen) atoms. The molecule has 14 aliphatic heterocycles. The van der Waals surface area contributed by atoms with E-state index in [0.717, 1.165) is 131 Å². The van der Waals surface area contributed by atoms with Gasteiger partial charge in [0.25, 0.3) is 0 Å². The van der Waals surface area contributed by atoms with Gasteiger partial charge in [0.15, 0.2) is 0 Å². The average molecular weight is 2150 g/mol. The molecule has 30 heteroatoms. The van der Waals surface area contributed by atoms with Gasteiger partial charge < -0.3 is 105 Å². The van der Waals surface area contributed by atoms with Crippen molar-refractivity contribution in [1.82, 2.24) is 0 Å². The van der Waals surface area contributed by atoms with E-state index < -0.39 is 84.9 Å². The summed E-state index contributed by atoms with van der Waals surface area (Å²) in [6.45, 7) is 36.5. The summed E-state index contributed by atoms with van der Waals surface area (Å²) >= 11 is 0. The lowest BCUT2D eigenvalue weighted by Crippen LogP contribution is -2.33. The molecule has 8 bridgehead atoms. The first kappa shape index (κ1) is 123. The fourth-order valence-corrected chi connectivity index (χ4v) is 22.0. The number of esters is 4. The highest BCUT2D eigenvalue weighted by molar-refractivity contribution is 7.10. The third-order valence-corrected chi connectivity index (χ3v) is 30.2. The molecule has 2 fully saturated rings. The van der Waals surface area contributed by atoms with Gasteiger partial charge in [0.05, 0.1) is 136 Å². The molecule has 26 nitrogen and oxygen atoms in total. The van der Waals surface area contributed by atoms with E-state index in [9.17, 15) is 39.6 Å². The predicted molar refractivity (Wildman–Crippen MR) is 598 cm³/mol. The molecule has 0 aromatic rings. The Hall–Kier alpha value is -6.84. The van der Waals surface area contributed by atoms with Crippen molar-refractivity contribution in [1.29, 1.82) is 0 Å². The van der Waals surface area contributed by atoms with Crippen molar-refractivity contribution in [2.75, 3.05) is 26.4 Å². The second-order valence-corrected chi connectivity index (χ2v) is 44.2. The van der Waals surface area contributed by atoms with E-state index in [0.29, 0.717) is 108 Å². The molecule has 0 aromatic carbocycles. The number of aliphatic hydroxyl groups excluding tert-OH is 4. The summed E-state index contributed by atoms with van der Waals surface area (Å²) in [6, 6.07) is 0. The first-order chi connectivity index (χ1) is 72.2. The molecule has 4 N–H and O–H groups in total. The Labute approximate surface area is 901 Å². The molecule has 0 saturated carbocycles. The fourth-order valence-electron chi connectivity index (χ4n) is 21.0. The quantitative estimate of drug-likeness (QED) is 0.0367. The van der Waals surface area contributed by atoms with Crippen LogP contribution in [0.2, 0.25) is 0 Å². The molecule has 0 amide bonds. The van der Waals surface area contributed by atoms with E-state index in [1.54, 1.807) is 36.5 Å². The van der Waals surface area contributed by atoms with Crippen molar-refractivity contribution in [2.45, 2.75) is 406 Å². The van der Waals surface area contributed by atoms with Gasteiger partial charge in [-0.15, -0.1) is 0 Å². The van der Waals surface area contributed by atoms with E-state index in [-0.39, 0.29) is 123 Å². The number of hydrogen-bond acceptors (Lipinski definition) is 26. The second-order valence-electron chi connectivity index (χ2n) is 43.1. The third-order valence-electron chi connectivity index (χ3n) is 28.9. The fraction of sp³-hybridized carbons (Fsp3) is 0.600. The monoisotopic (exact) mass is 2150 g/mol. The lowest BCUT2D eigenvalue weighted by molar-refractivity contribution is -0.148. The maximum absolute atomic E-state index is 12.9. The first-order valence-corrected chi connectivity index (χ1v) is 56.2. The summed E-state index contributed by atoms with van der Waals surface area (Å²) in [4.78, 5) is 50.9. The molecule has 0 radical (unpaired) electrons. The Morgan fingerprint density at radius 1 is 0.340 bits per heavy atom. The van der Waals surface area contributed by atoms with Gasteiger partial charge >= 0.3 is 23.9 Å². The minimum Gasteiger partial charge on any atom is -0.456 e. The lowest BCUT2D eigenvalue weighted by Gasteiger charge is -2.28. The highest BCUT2D eigenvalue weighted by Gasteiger charge is 2.49. The van der Waals surface area contributed by atoms with Crippen molar-refractivity contribution in [3.63, 3.8) is 0 Å². The minimum absolute atomic E-state index is 0.0244. The Bertz CT molecular complexity index is 4870. The summed E-state index contributed by atoms with van der Waals surface area (Å²) in [6.07, 6.45) is 72.5. The molecule has 14 rings (SSSR count). The van der Waals surface area contributed by atoms with Crippen LogP contribution in [0.3, 0.4) is 0 Å². The summed E-state index contributed by atoms with van der Waals surface area (Å²) in [5.74, 6) is -0.176. The van der Waals surface area contributed by atoms with Gasteiger partial charge in [-0.25, -0.2) is 19.2 Å². The number of aliphatic hydroxyl groups is 4. The smallest absolute Gasteiger partial charge is 0.330 e. The normalized spacial score (nSPS) is 37.1. The van der Waals surface area contributed by atoms with Crippen LogP contribution in [0.5, 0.6) is 0 Å². The van der Waals surface area contributed by atoms with Crippen LogP contribution in [0.15, 0.2) is 265 Å². The van der Waals surface area contributed by atoms with Crippen molar-refractivity contribution in [2.24, 2.45) is 23.7 Å². The van der Waals surface area contributed by atoms with E-state index in [4.69, 9.17) is 84.4 Å². The zero-order chi connectivity index (χ0) is 107. The van der Waals surface area contributed by atoms with Crippen LogP contribution in [0.25, 0.3) is 0 Å². The molecule has 14 heterocycles. The van der Waals surface area contributed by atoms with Gasteiger partial charge in [0.1, 0.15) is 61.0 Å². The standard InChI is InChI=1S/C30H44O7P2.C30H42O7.C30H44O6P2.C30H42O6/c1-19-12-13-32-23(15-19)10-11-25(36-38)26-18-27-30(35-27)28(37-39)17-21(3)14-20(2)16-24-8-4-6-22(33-24)7-5-9-29(31)34-26;1-19-12-13-34-23(15-19)10-11-25(31)27-18-28-30(37-28)26(32)17-21(3)14-20(2)16-24-8-4-6-22(35-24)7-5-9-29(33)36-27;1-21-15-16-32-25(18-21)13-14-29(36-38)28-11-5-10-27(35-37)20-23(3)17-22(2)19-26-9-4-7-24(33-26)8-6-12-30(31)34-28;1-21-15-16-34-26(19-21)13-14-28(32)29-11-4-7-24(31)18-22(2)17-23(3)20-27-10-5-8-25(35-27)9-6-12-30(33)36-29/h4-6,9-12,20,22-28,30H,3,7-8,13-18,38-39H2,1-2H3;4-6,9-12,20,22-28,30-32H,3,7-8,13-18H2,1-2H3;4-7,10,12-15,22,24-29H,3,8-9,11,16-20,37-38H2,1-2H3;4-8,12-15,23-29,31-32H,2,9-11,16-20H2,1,3H3/b2*9-5-,11-10+;10-5+,12-6-,14-13+;7-4+,12-6-,14-13+/t20-,22-,23+,24-,25-,26-,27-,28?,30+;20-,22-,23+,24-,25-,26-,27-,28-,30-;22-,24-,25+,26-,27?,28-,29-;23-,24+,25-,26+,27-,28-,29-/m0000/s1. The largest absolute Gasteiger partial charge is 0.456 e. The van der Waals surface area contributed by atoms with Crippen molar-refractivity contribution >= 4 is 61.7 Å². The SMILES string of the molecule is C=C1CC(OP)/C=C/C[C@@H]([C@H](/C=C/[C@@H]2CC(C)=CCO2)OP)OC(=O)/C=C\C[C@@H]2C=CC[C@@H](C[C@@H](C)C1)O2.C=C1CC(OP)[C@@H]2O[C@H]2C[C@@H]([C@H](/C=C/[C@@H]2CC(C)=CCO2)OP)OC(=O)/C=C\C[C@@H]2C=CC[C@@H](C[C@@H](C)C1)O2.C=C1C[C@H](C)C[C@@H]2CC=C[C@@H](C/C=C\C(=O)O[C@H]([C@@H](O)/C=C/[C@@H]3CC(C)=CCO3)C/C=C/[C@@H](O)C1)O2.C=C1C[C@H](C)C[C@@H]2CC=C[C@@H](C/C=C\C(=O)O[C@H]([C@@H](O)/C=C/[C@@H]3CC(C)=CCO3)C[C@@H]3O[C@H]3[C@@H](O)C1)O2. The minimum atomic E-state index is -1.03. The zero-order valence-electron chi connectivity index (χ0n) is 89.5. The maximum Gasteiger partial charge on any atom is 0.330 e. The number of hydrogen-bond donors (Lipinski definition) is 4. The molecular weight excluding hydrogens is 1980 g/mol. The van der Waals surface area contributed by atoms with Gasteiger partial charge in [0.2, 0.25) is 0 Å². The molecule has 0 spiro atoms. The number of carbonyl (C=O) groups excluding carboxylic acids is 4. The van der Waals surface area contributed by atoms with E-state index in [1.807, 2.05) is 85.1 Å². The van der Waals surface area contributed by atoms with Crippen LogP contribution < -0.4 is 0 Å². The molecule has 36 atom stereocenters. The molecule has 0 aromatic heterocycles. The summed E-state index contributed by atoms with van der Waals surface area (Å²) in [5, 5.41) is 42.9. The lowest BCUT2D eigenvalue weighted by atomic mass is 9.91. The van der Waals surface area contributed by atoms with E-state index >= 15 is 0 Å². The highest BCUT2D eigenvalue weighted by atomic mass is 31.0. The number of fused-ring (bicyclic) bond motifs is 10. The van der Waals surface area contributed by atoms with Crippen LogP contribution >= 0.6 is 37.9 Å². The predicted octanol–water partition coefficient (Wildman–Crippen LogP) is 21.3. The number of epoxide rings is 2. The average Bonchev–Trinajstić information content (AvgIpc) is 1.65. The van der Waals surface area contributed by atoms with Gasteiger partial charge in [-0.2, -0.15) is 0 Å². The molecule has 14 aliphatic rings. The zero-order valence-corrected chi connectivity index (χ0v) is 94.1. The topological polar surface area (TPSA) is 322 Å². The van der Waals surface area contributed by atoms with Crippen LogP contribution in [-0.4, -0.2) is 242 Å². The van der Waals surface area contributed by atoms with Crippen LogP contribution in [0, 0.1) is 23.7 Å². The number of cyclic esters (lactones) is 4. The van der Waals surface area contributed by atoms with E-state index in [2.05, 4.69) is 168 Å². The Morgan fingerprint density at radius 2 is 0.667 bits per heavy atom. The number of rotatable bonds is 16. The summed E-state index contributed by atoms with van der Waals surface area (Å²) < 4.78 is 106. The van der Waals surface area contributed by atoms with Gasteiger partial charge in [-0.05, 0) is 205 Å².